The lowest BCUT2D eigenvalue weighted by molar-refractivity contribution is -0.139. The zero-order valence-electron chi connectivity index (χ0n) is 13.0. The van der Waals surface area contributed by atoms with Crippen molar-refractivity contribution in [1.82, 2.24) is 10.6 Å². The summed E-state index contributed by atoms with van der Waals surface area (Å²) in [5.74, 6) is 0.372. The van der Waals surface area contributed by atoms with Crippen molar-refractivity contribution < 1.29 is 14.7 Å². The van der Waals surface area contributed by atoms with Crippen LogP contribution < -0.4 is 10.6 Å². The molecule has 0 saturated heterocycles. The largest absolute Gasteiger partial charge is 0.480 e. The highest BCUT2D eigenvalue weighted by atomic mass is 16.4. The summed E-state index contributed by atoms with van der Waals surface area (Å²) in [6, 6.07) is -1.01. The van der Waals surface area contributed by atoms with E-state index in [1.54, 1.807) is 0 Å². The standard InChI is InChI=1S/C15H28N2O3/c1-5-11-6-7-12(10(11)4)16-15(20)17-13(14(18)19)8-9(2)3/h9-13H,5-8H2,1-4H3,(H,18,19)(H2,16,17,20)/t10?,11?,12?,13-/m1/s1. The molecule has 0 spiro atoms. The van der Waals surface area contributed by atoms with Crippen molar-refractivity contribution in [2.24, 2.45) is 17.8 Å². The summed E-state index contributed by atoms with van der Waals surface area (Å²) in [7, 11) is 0. The minimum absolute atomic E-state index is 0.161. The second-order valence-corrected chi connectivity index (χ2v) is 6.35. The maximum atomic E-state index is 12.0. The summed E-state index contributed by atoms with van der Waals surface area (Å²) in [6.45, 7) is 8.22. The first kappa shape index (κ1) is 16.8. The predicted molar refractivity (Wildman–Crippen MR) is 78.5 cm³/mol. The fourth-order valence-electron chi connectivity index (χ4n) is 3.09. The van der Waals surface area contributed by atoms with Gasteiger partial charge in [0.25, 0.3) is 0 Å². The normalized spacial score (nSPS) is 27.4. The summed E-state index contributed by atoms with van der Waals surface area (Å²) in [5.41, 5.74) is 0. The molecule has 3 unspecified atom stereocenters. The summed E-state index contributed by atoms with van der Waals surface area (Å²) < 4.78 is 0. The summed E-state index contributed by atoms with van der Waals surface area (Å²) in [5, 5.41) is 14.6. The number of amides is 2. The molecule has 116 valence electrons. The molecule has 20 heavy (non-hydrogen) atoms. The molecular weight excluding hydrogens is 256 g/mol. The first-order valence-electron chi connectivity index (χ1n) is 7.64. The van der Waals surface area contributed by atoms with E-state index in [-0.39, 0.29) is 18.0 Å². The number of carbonyl (C=O) groups is 2. The van der Waals surface area contributed by atoms with Crippen molar-refractivity contribution in [3.05, 3.63) is 0 Å². The van der Waals surface area contributed by atoms with Crippen molar-refractivity contribution in [2.45, 2.75) is 65.5 Å². The monoisotopic (exact) mass is 284 g/mol. The smallest absolute Gasteiger partial charge is 0.326 e. The Morgan fingerprint density at radius 1 is 1.30 bits per heavy atom. The molecule has 1 saturated carbocycles. The summed E-state index contributed by atoms with van der Waals surface area (Å²) in [6.07, 6.45) is 3.69. The molecule has 0 heterocycles. The molecule has 5 nitrogen and oxygen atoms in total. The van der Waals surface area contributed by atoms with E-state index in [1.807, 2.05) is 13.8 Å². The van der Waals surface area contributed by atoms with Crippen LogP contribution in [0.1, 0.15) is 53.4 Å². The quantitative estimate of drug-likeness (QED) is 0.701. The molecular formula is C15H28N2O3. The number of hydrogen-bond donors (Lipinski definition) is 3. The van der Waals surface area contributed by atoms with Crippen LogP contribution >= 0.6 is 0 Å². The van der Waals surface area contributed by atoms with Crippen molar-refractivity contribution >= 4 is 12.0 Å². The van der Waals surface area contributed by atoms with E-state index in [0.29, 0.717) is 18.3 Å². The molecule has 3 N–H and O–H groups in total. The Labute approximate surface area is 121 Å². The van der Waals surface area contributed by atoms with Crippen LogP contribution in [0.25, 0.3) is 0 Å². The fourth-order valence-corrected chi connectivity index (χ4v) is 3.09. The lowest BCUT2D eigenvalue weighted by Crippen LogP contribution is -2.50. The third-order valence-corrected chi connectivity index (χ3v) is 4.38. The molecule has 1 rings (SSSR count). The molecule has 1 aliphatic carbocycles. The van der Waals surface area contributed by atoms with Crippen LogP contribution in [0, 0.1) is 17.8 Å². The summed E-state index contributed by atoms with van der Waals surface area (Å²) in [4.78, 5) is 23.1. The van der Waals surface area contributed by atoms with E-state index < -0.39 is 12.0 Å². The molecule has 4 atom stereocenters. The van der Waals surface area contributed by atoms with Gasteiger partial charge in [-0.25, -0.2) is 9.59 Å². The maximum absolute atomic E-state index is 12.0. The van der Waals surface area contributed by atoms with Gasteiger partial charge in [-0.3, -0.25) is 0 Å². The molecule has 0 bridgehead atoms. The number of hydrogen-bond acceptors (Lipinski definition) is 2. The highest BCUT2D eigenvalue weighted by molar-refractivity contribution is 5.82. The second-order valence-electron chi connectivity index (χ2n) is 6.35. The van der Waals surface area contributed by atoms with Crippen molar-refractivity contribution in [2.75, 3.05) is 0 Å². The highest BCUT2D eigenvalue weighted by Gasteiger charge is 2.33. The Morgan fingerprint density at radius 2 is 1.95 bits per heavy atom. The van der Waals surface area contributed by atoms with Gasteiger partial charge < -0.3 is 15.7 Å². The molecule has 0 aromatic heterocycles. The number of carboxylic acid groups (broad SMARTS) is 1. The van der Waals surface area contributed by atoms with Gasteiger partial charge >= 0.3 is 12.0 Å². The zero-order valence-corrected chi connectivity index (χ0v) is 13.0. The van der Waals surface area contributed by atoms with E-state index in [9.17, 15) is 9.59 Å². The molecule has 0 aromatic rings. The van der Waals surface area contributed by atoms with Gasteiger partial charge in [0.1, 0.15) is 6.04 Å². The Balaban J connectivity index is 2.48. The Bertz CT molecular complexity index is 344. The predicted octanol–water partition coefficient (Wildman–Crippen LogP) is 2.61. The molecule has 5 heteroatoms. The van der Waals surface area contributed by atoms with Gasteiger partial charge in [-0.05, 0) is 37.0 Å². The first-order chi connectivity index (χ1) is 9.35. The third kappa shape index (κ3) is 4.69. The number of rotatable bonds is 6. The van der Waals surface area contributed by atoms with Crippen LogP contribution in [0.4, 0.5) is 4.79 Å². The molecule has 2 amide bonds. The Kier molecular flexibility index (Phi) is 6.30. The molecule has 1 fully saturated rings. The lowest BCUT2D eigenvalue weighted by Gasteiger charge is -2.23. The minimum atomic E-state index is -0.972. The van der Waals surface area contributed by atoms with Crippen LogP contribution in [0.15, 0.2) is 0 Å². The zero-order chi connectivity index (χ0) is 15.3. The van der Waals surface area contributed by atoms with E-state index in [4.69, 9.17) is 5.11 Å². The fraction of sp³-hybridized carbons (Fsp3) is 0.867. The highest BCUT2D eigenvalue weighted by Crippen LogP contribution is 2.33. The Hall–Kier alpha value is -1.26. The van der Waals surface area contributed by atoms with Gasteiger partial charge in [-0.1, -0.05) is 34.1 Å². The number of nitrogens with one attached hydrogen (secondary N) is 2. The molecule has 0 aliphatic heterocycles. The Morgan fingerprint density at radius 3 is 2.40 bits per heavy atom. The van der Waals surface area contributed by atoms with Crippen molar-refractivity contribution in [3.8, 4) is 0 Å². The van der Waals surface area contributed by atoms with E-state index in [2.05, 4.69) is 24.5 Å². The van der Waals surface area contributed by atoms with Crippen LogP contribution in [0.3, 0.4) is 0 Å². The van der Waals surface area contributed by atoms with Gasteiger partial charge in [0, 0.05) is 6.04 Å². The summed E-state index contributed by atoms with van der Waals surface area (Å²) >= 11 is 0. The average Bonchev–Trinajstić information content (AvgIpc) is 2.69. The van der Waals surface area contributed by atoms with Gasteiger partial charge in [0.05, 0.1) is 0 Å². The van der Waals surface area contributed by atoms with Crippen LogP contribution in [0.5, 0.6) is 0 Å². The van der Waals surface area contributed by atoms with Gasteiger partial charge in [-0.15, -0.1) is 0 Å². The molecule has 1 aliphatic rings. The van der Waals surface area contributed by atoms with Crippen molar-refractivity contribution in [3.63, 3.8) is 0 Å². The first-order valence-corrected chi connectivity index (χ1v) is 7.64. The van der Waals surface area contributed by atoms with E-state index >= 15 is 0 Å². The topological polar surface area (TPSA) is 78.4 Å². The van der Waals surface area contributed by atoms with Crippen LogP contribution in [0.2, 0.25) is 0 Å². The maximum Gasteiger partial charge on any atom is 0.326 e. The lowest BCUT2D eigenvalue weighted by atomic mass is 9.93. The second kappa shape index (κ2) is 7.50. The number of carboxylic acids is 1. The minimum Gasteiger partial charge on any atom is -0.480 e. The third-order valence-electron chi connectivity index (χ3n) is 4.38. The molecule has 0 radical (unpaired) electrons. The van der Waals surface area contributed by atoms with Crippen molar-refractivity contribution in [1.29, 1.82) is 0 Å². The van der Waals surface area contributed by atoms with Gasteiger partial charge in [0.15, 0.2) is 0 Å². The van der Waals surface area contributed by atoms with Gasteiger partial charge in [-0.2, -0.15) is 0 Å². The molecule has 0 aromatic carbocycles. The number of urea groups is 1. The average molecular weight is 284 g/mol. The van der Waals surface area contributed by atoms with Gasteiger partial charge in [0.2, 0.25) is 0 Å². The van der Waals surface area contributed by atoms with E-state index in [1.165, 1.54) is 0 Å². The SMILES string of the molecule is CCC1CCC(NC(=O)N[C@H](CC(C)C)C(=O)O)C1C. The number of carbonyl (C=O) groups excluding carboxylic acids is 1. The van der Waals surface area contributed by atoms with Crippen LogP contribution in [-0.2, 0) is 4.79 Å². The van der Waals surface area contributed by atoms with Crippen LogP contribution in [-0.4, -0.2) is 29.2 Å². The van der Waals surface area contributed by atoms with E-state index in [0.717, 1.165) is 19.3 Å². The number of aliphatic carboxylic acids is 1.